The molecule has 0 radical (unpaired) electrons. The molecule has 0 spiro atoms. The Labute approximate surface area is 164 Å². The molecule has 2 aliphatic rings. The number of likely N-dealkylation sites (tertiary alicyclic amines) is 1. The van der Waals surface area contributed by atoms with Gasteiger partial charge >= 0.3 is 7.12 Å². The van der Waals surface area contributed by atoms with Crippen molar-refractivity contribution < 1.29 is 23.7 Å². The molecule has 0 aliphatic carbocycles. The molecule has 0 saturated carbocycles. The Kier molecular flexibility index (Phi) is 4.23. The summed E-state index contributed by atoms with van der Waals surface area (Å²) in [6.45, 7) is 8.52. The highest BCUT2D eigenvalue weighted by molar-refractivity contribution is 6.62. The Morgan fingerprint density at radius 1 is 1.14 bits per heavy atom. The van der Waals surface area contributed by atoms with Gasteiger partial charge in [0.25, 0.3) is 5.91 Å². The highest BCUT2D eigenvalue weighted by Crippen LogP contribution is 2.37. The van der Waals surface area contributed by atoms with Crippen molar-refractivity contribution in [3.63, 3.8) is 0 Å². The third-order valence-electron chi connectivity index (χ3n) is 6.14. The highest BCUT2D eigenvalue weighted by atomic mass is 16.7. The molecular formula is C20H25BN2O5. The molecule has 1 atom stereocenters. The summed E-state index contributed by atoms with van der Waals surface area (Å²) >= 11 is 0. The molecule has 8 heteroatoms. The maximum absolute atomic E-state index is 12.3. The molecule has 0 bridgehead atoms. The fourth-order valence-corrected chi connectivity index (χ4v) is 3.52. The molecular weight excluding hydrogens is 359 g/mol. The molecule has 1 amide bonds. The summed E-state index contributed by atoms with van der Waals surface area (Å²) in [4.78, 5) is 13.8. The Balaban J connectivity index is 1.62. The SMILES string of the molecule is CN1CCC(O)(c2cc(-c3cccc(B4OC(C)(C)C(C)(C)O4)c3)on2)C1=O. The van der Waals surface area contributed by atoms with Crippen molar-refractivity contribution in [3.8, 4) is 11.3 Å². The molecule has 148 valence electrons. The van der Waals surface area contributed by atoms with Gasteiger partial charge in [-0.3, -0.25) is 4.79 Å². The first-order valence-electron chi connectivity index (χ1n) is 9.45. The average Bonchev–Trinajstić information content (AvgIpc) is 3.29. The minimum absolute atomic E-state index is 0.234. The van der Waals surface area contributed by atoms with E-state index in [1.165, 1.54) is 4.90 Å². The number of hydrogen-bond acceptors (Lipinski definition) is 6. The van der Waals surface area contributed by atoms with Crippen LogP contribution in [0.4, 0.5) is 0 Å². The van der Waals surface area contributed by atoms with E-state index in [0.717, 1.165) is 11.0 Å². The predicted octanol–water partition coefficient (Wildman–Crippen LogP) is 1.69. The minimum atomic E-state index is -1.63. The summed E-state index contributed by atoms with van der Waals surface area (Å²) in [6, 6.07) is 9.25. The average molecular weight is 384 g/mol. The van der Waals surface area contributed by atoms with Crippen LogP contribution in [0.5, 0.6) is 0 Å². The third-order valence-corrected chi connectivity index (χ3v) is 6.14. The van der Waals surface area contributed by atoms with Crippen LogP contribution >= 0.6 is 0 Å². The molecule has 4 rings (SSSR count). The number of hydrogen-bond donors (Lipinski definition) is 1. The van der Waals surface area contributed by atoms with Gasteiger partial charge in [0.1, 0.15) is 5.69 Å². The number of benzene rings is 1. The Morgan fingerprint density at radius 3 is 2.43 bits per heavy atom. The first-order chi connectivity index (χ1) is 13.0. The number of aliphatic hydroxyl groups is 1. The van der Waals surface area contributed by atoms with Crippen molar-refractivity contribution in [1.29, 1.82) is 0 Å². The molecule has 1 N–H and O–H groups in total. The minimum Gasteiger partial charge on any atom is -0.399 e. The molecule has 2 saturated heterocycles. The fraction of sp³-hybridized carbons (Fsp3) is 0.500. The van der Waals surface area contributed by atoms with Crippen LogP contribution in [0.3, 0.4) is 0 Å². The van der Waals surface area contributed by atoms with Crippen LogP contribution in [0.15, 0.2) is 34.9 Å². The van der Waals surface area contributed by atoms with E-state index in [1.807, 2.05) is 52.0 Å². The van der Waals surface area contributed by atoms with Crippen LogP contribution in [0.2, 0.25) is 0 Å². The lowest BCUT2D eigenvalue weighted by Crippen LogP contribution is -2.41. The van der Waals surface area contributed by atoms with Crippen LogP contribution in [-0.4, -0.2) is 53.0 Å². The van der Waals surface area contributed by atoms with Crippen molar-refractivity contribution in [2.75, 3.05) is 13.6 Å². The van der Waals surface area contributed by atoms with Crippen LogP contribution in [0.25, 0.3) is 11.3 Å². The molecule has 28 heavy (non-hydrogen) atoms. The van der Waals surface area contributed by atoms with E-state index in [2.05, 4.69) is 5.16 Å². The van der Waals surface area contributed by atoms with Gasteiger partial charge in [-0.2, -0.15) is 0 Å². The second kappa shape index (κ2) is 6.17. The molecule has 1 aromatic carbocycles. The van der Waals surface area contributed by atoms with Crippen molar-refractivity contribution in [3.05, 3.63) is 36.0 Å². The van der Waals surface area contributed by atoms with E-state index in [4.69, 9.17) is 13.8 Å². The monoisotopic (exact) mass is 384 g/mol. The van der Waals surface area contributed by atoms with E-state index >= 15 is 0 Å². The number of likely N-dealkylation sites (N-methyl/N-ethyl adjacent to an activating group) is 1. The van der Waals surface area contributed by atoms with Crippen LogP contribution in [0, 0.1) is 0 Å². The molecule has 7 nitrogen and oxygen atoms in total. The van der Waals surface area contributed by atoms with E-state index in [-0.39, 0.29) is 11.6 Å². The lowest BCUT2D eigenvalue weighted by Gasteiger charge is -2.32. The number of amides is 1. The Hall–Kier alpha value is -2.16. The quantitative estimate of drug-likeness (QED) is 0.811. The normalized spacial score (nSPS) is 26.3. The van der Waals surface area contributed by atoms with Gasteiger partial charge in [-0.25, -0.2) is 0 Å². The van der Waals surface area contributed by atoms with Crippen LogP contribution < -0.4 is 5.46 Å². The molecule has 2 aromatic rings. The summed E-state index contributed by atoms with van der Waals surface area (Å²) in [7, 11) is 1.18. The van der Waals surface area contributed by atoms with E-state index in [9.17, 15) is 9.90 Å². The Bertz CT molecular complexity index is 909. The summed E-state index contributed by atoms with van der Waals surface area (Å²) in [5.41, 5.74) is -0.605. The molecule has 1 aromatic heterocycles. The van der Waals surface area contributed by atoms with Crippen molar-refractivity contribution in [2.45, 2.75) is 50.9 Å². The number of rotatable bonds is 3. The van der Waals surface area contributed by atoms with E-state index in [0.29, 0.717) is 18.7 Å². The zero-order chi connectivity index (χ0) is 20.3. The van der Waals surface area contributed by atoms with Gasteiger partial charge in [-0.15, -0.1) is 0 Å². The smallest absolute Gasteiger partial charge is 0.399 e. The largest absolute Gasteiger partial charge is 0.494 e. The number of carbonyl (C=O) groups is 1. The first-order valence-corrected chi connectivity index (χ1v) is 9.45. The van der Waals surface area contributed by atoms with Crippen molar-refractivity contribution in [2.24, 2.45) is 0 Å². The molecule has 3 heterocycles. The van der Waals surface area contributed by atoms with Gasteiger partial charge in [0.05, 0.1) is 11.2 Å². The number of carbonyl (C=O) groups excluding carboxylic acids is 1. The zero-order valence-electron chi connectivity index (χ0n) is 16.9. The molecule has 2 aliphatic heterocycles. The van der Waals surface area contributed by atoms with Crippen LogP contribution in [0.1, 0.15) is 39.8 Å². The summed E-state index contributed by atoms with van der Waals surface area (Å²) in [5, 5.41) is 14.7. The Morgan fingerprint density at radius 2 is 1.82 bits per heavy atom. The second-order valence-electron chi connectivity index (χ2n) is 8.63. The molecule has 1 unspecified atom stereocenters. The van der Waals surface area contributed by atoms with E-state index < -0.39 is 23.9 Å². The van der Waals surface area contributed by atoms with Gasteiger partial charge in [0.2, 0.25) is 0 Å². The maximum Gasteiger partial charge on any atom is 0.494 e. The zero-order valence-corrected chi connectivity index (χ0v) is 16.9. The first kappa shape index (κ1) is 19.2. The van der Waals surface area contributed by atoms with Gasteiger partial charge in [0.15, 0.2) is 11.4 Å². The highest BCUT2D eigenvalue weighted by Gasteiger charge is 2.52. The summed E-state index contributed by atoms with van der Waals surface area (Å²) in [6.07, 6.45) is 0.294. The standard InChI is InChI=1S/C20H25BN2O5/c1-18(2)19(3,4)28-21(27-18)14-8-6-7-13(11-14)15-12-16(22-26-15)20(25)9-10-23(5)17(20)24/h6-8,11-12,25H,9-10H2,1-5H3. The summed E-state index contributed by atoms with van der Waals surface area (Å²) < 4.78 is 17.7. The third kappa shape index (κ3) is 2.87. The topological polar surface area (TPSA) is 85.0 Å². The number of nitrogens with zero attached hydrogens (tertiary/aromatic N) is 2. The fourth-order valence-electron chi connectivity index (χ4n) is 3.52. The molecule has 2 fully saturated rings. The van der Waals surface area contributed by atoms with Gasteiger partial charge in [-0.1, -0.05) is 29.4 Å². The van der Waals surface area contributed by atoms with Crippen LogP contribution in [-0.2, 0) is 19.7 Å². The van der Waals surface area contributed by atoms with Gasteiger partial charge in [0, 0.05) is 31.6 Å². The van der Waals surface area contributed by atoms with Crippen molar-refractivity contribution in [1.82, 2.24) is 10.1 Å². The van der Waals surface area contributed by atoms with E-state index in [1.54, 1.807) is 13.1 Å². The number of aromatic nitrogens is 1. The maximum atomic E-state index is 12.3. The summed E-state index contributed by atoms with van der Waals surface area (Å²) in [5.74, 6) is 0.113. The van der Waals surface area contributed by atoms with Gasteiger partial charge in [-0.05, 0) is 33.2 Å². The second-order valence-corrected chi connectivity index (χ2v) is 8.63. The lowest BCUT2D eigenvalue weighted by atomic mass is 9.78. The van der Waals surface area contributed by atoms with Crippen molar-refractivity contribution >= 4 is 18.5 Å². The lowest BCUT2D eigenvalue weighted by molar-refractivity contribution is -0.143. The predicted molar refractivity (Wildman–Crippen MR) is 104 cm³/mol. The van der Waals surface area contributed by atoms with Gasteiger partial charge < -0.3 is 23.8 Å².